The van der Waals surface area contributed by atoms with Crippen molar-refractivity contribution in [2.45, 2.75) is 95.7 Å². The number of pyridine rings is 2. The van der Waals surface area contributed by atoms with Gasteiger partial charge in [-0.2, -0.15) is 52.7 Å². The van der Waals surface area contributed by atoms with Crippen molar-refractivity contribution in [3.63, 3.8) is 0 Å². The molecule has 2 N–H and O–H groups in total. The van der Waals surface area contributed by atoms with E-state index >= 15 is 0 Å². The van der Waals surface area contributed by atoms with Gasteiger partial charge in [-0.25, -0.2) is 0 Å². The van der Waals surface area contributed by atoms with Gasteiger partial charge in [-0.3, -0.25) is 9.97 Å². The van der Waals surface area contributed by atoms with Crippen LogP contribution in [-0.4, -0.2) is 60.5 Å². The van der Waals surface area contributed by atoms with E-state index in [9.17, 15) is 52.7 Å². The normalized spacial score (nSPS) is 12.4. The molecule has 310 valence electrons. The molecular formula is C38H41F12MoN3O2. The van der Waals surface area contributed by atoms with Gasteiger partial charge in [0.25, 0.3) is 11.2 Å². The Hall–Kier alpha value is -3.82. The molecule has 2 aromatic carbocycles. The van der Waals surface area contributed by atoms with Crippen molar-refractivity contribution in [1.82, 2.24) is 9.97 Å². The van der Waals surface area contributed by atoms with Crippen molar-refractivity contribution in [2.24, 2.45) is 3.50 Å². The van der Waals surface area contributed by atoms with Crippen LogP contribution in [0.3, 0.4) is 0 Å². The van der Waals surface area contributed by atoms with Gasteiger partial charge in [0.15, 0.2) is 0 Å². The average Bonchev–Trinajstić information content (AvgIpc) is 3.10. The Bertz CT molecular complexity index is 1720. The summed E-state index contributed by atoms with van der Waals surface area (Å²) in [5.41, 5.74) is -2.00. The quantitative estimate of drug-likeness (QED) is 0.149. The van der Waals surface area contributed by atoms with Crippen LogP contribution in [0, 0.1) is 6.92 Å². The zero-order valence-corrected chi connectivity index (χ0v) is 32.9. The maximum absolute atomic E-state index is 11.4. The topological polar surface area (TPSA) is 78.6 Å². The molecule has 0 aliphatic carbocycles. The van der Waals surface area contributed by atoms with Gasteiger partial charge in [0.05, 0.1) is 11.4 Å². The number of alkyl halides is 12. The van der Waals surface area contributed by atoms with Gasteiger partial charge in [-0.1, -0.05) is 12.1 Å². The van der Waals surface area contributed by atoms with Gasteiger partial charge in [0, 0.05) is 12.4 Å². The van der Waals surface area contributed by atoms with E-state index in [4.69, 9.17) is 13.7 Å². The standard InChI is InChI=1S/C10H8N2.C10H13N.C10H12.2C4H4F6O.Mo/c1-3-7-11-9(5-1)10-6-2-4-8-12-10;1-3-5-9-7-4-6-8(2)10(9)11;1-10(2,3)9-7-5-4-6-8-9;2*1-2(11,3(5,6)7)4(8,9)10;/h1-8H;4,6-7H,3,5H2,1-2H3;1,4-8H,2-3H3;2*11H,1H3;. The van der Waals surface area contributed by atoms with Crippen LogP contribution in [0.1, 0.15) is 57.7 Å². The largest absolute Gasteiger partial charge is 0.255 e. The summed E-state index contributed by atoms with van der Waals surface area (Å²) in [6.45, 7) is 8.29. The molecule has 0 saturated carbocycles. The third-order valence-corrected chi connectivity index (χ3v) is 10.1. The Balaban J connectivity index is 0.000000397. The minimum atomic E-state index is -5.69. The smallest absolute Gasteiger partial charge is 0.0886 e. The number of hydrogen-bond acceptors (Lipinski definition) is 5. The van der Waals surface area contributed by atoms with Gasteiger partial charge < -0.3 is 10.2 Å². The van der Waals surface area contributed by atoms with Crippen LogP contribution < -0.4 is 0 Å². The van der Waals surface area contributed by atoms with E-state index in [0.717, 1.165) is 17.8 Å². The summed E-state index contributed by atoms with van der Waals surface area (Å²) in [6, 6.07) is 28.9. The number of rotatable bonds is 6. The second-order valence-corrected chi connectivity index (χ2v) is 14.3. The fourth-order valence-corrected chi connectivity index (χ4v) is 5.83. The van der Waals surface area contributed by atoms with Crippen LogP contribution in [0.5, 0.6) is 0 Å². The number of aryl methyl sites for hydroxylation is 2. The predicted molar refractivity (Wildman–Crippen MR) is 186 cm³/mol. The van der Waals surface area contributed by atoms with E-state index < -0.39 is 53.8 Å². The number of hydrogen-bond donors (Lipinski definition) is 2. The predicted octanol–water partition coefficient (Wildman–Crippen LogP) is 11.5. The third-order valence-electron chi connectivity index (χ3n) is 7.65. The maximum Gasteiger partial charge on any atom is 0.0886 e. The Morgan fingerprint density at radius 2 is 1.00 bits per heavy atom. The van der Waals surface area contributed by atoms with Crippen molar-refractivity contribution < 1.29 is 80.8 Å². The zero-order chi connectivity index (χ0) is 43.2. The molecule has 2 aromatic heterocycles. The molecule has 0 atom stereocenters. The van der Waals surface area contributed by atoms with Crippen molar-refractivity contribution in [3.05, 3.63) is 114 Å². The molecule has 0 unspecified atom stereocenters. The summed E-state index contributed by atoms with van der Waals surface area (Å²) in [5, 5.41) is 15.9. The minimum absolute atomic E-state index is 0.0978. The molecule has 0 radical (unpaired) electrons. The maximum atomic E-state index is 11.4. The summed E-state index contributed by atoms with van der Waals surface area (Å²) < 4.78 is 144. The Morgan fingerprint density at radius 3 is 1.34 bits per heavy atom. The zero-order valence-electron chi connectivity index (χ0n) is 30.9. The SMILES string of the molecule is CC(O)(C(F)(F)F)C(F)(F)F.CC(O)(C(F)(F)F)C(F)(F)F.CCCc1cccc(C)c1[N]=[Mo]=[CH]C(C)(C)c1ccccc1.c1ccc(-c2ccccn2)nc1. The molecule has 5 nitrogen and oxygen atoms in total. The summed E-state index contributed by atoms with van der Waals surface area (Å²) in [5.74, 6) is 0. The van der Waals surface area contributed by atoms with Crippen molar-refractivity contribution >= 4 is 10.1 Å². The number of nitrogens with zero attached hydrogens (tertiary/aromatic N) is 3. The van der Waals surface area contributed by atoms with E-state index in [2.05, 4.69) is 90.6 Å². The van der Waals surface area contributed by atoms with Gasteiger partial charge in [0.1, 0.15) is 0 Å². The van der Waals surface area contributed by atoms with E-state index in [0.29, 0.717) is 0 Å². The Labute approximate surface area is 324 Å². The fourth-order valence-electron chi connectivity index (χ4n) is 3.82. The van der Waals surface area contributed by atoms with E-state index in [-0.39, 0.29) is 19.3 Å². The average molecular weight is 896 g/mol. The molecule has 0 spiro atoms. The Kier molecular flexibility index (Phi) is 18.4. The molecule has 0 saturated heterocycles. The molecule has 0 aliphatic heterocycles. The van der Waals surface area contributed by atoms with E-state index in [1.807, 2.05) is 36.4 Å². The molecule has 4 aromatic rings. The number of aliphatic hydroxyl groups is 2. The van der Waals surface area contributed by atoms with Crippen LogP contribution in [-0.2, 0) is 29.8 Å². The third kappa shape index (κ3) is 14.9. The Morgan fingerprint density at radius 1 is 0.589 bits per heavy atom. The van der Waals surface area contributed by atoms with Gasteiger partial charge in [-0.15, -0.1) is 0 Å². The molecule has 0 aliphatic rings. The van der Waals surface area contributed by atoms with Crippen LogP contribution in [0.4, 0.5) is 58.4 Å². The summed E-state index contributed by atoms with van der Waals surface area (Å²) >= 11 is -0.508. The second-order valence-electron chi connectivity index (χ2n) is 12.8. The minimum Gasteiger partial charge on any atom is -0.255 e. The second kappa shape index (κ2) is 20.6. The van der Waals surface area contributed by atoms with E-state index in [1.165, 1.54) is 28.8 Å². The monoisotopic (exact) mass is 897 g/mol. The van der Waals surface area contributed by atoms with Crippen molar-refractivity contribution in [2.75, 3.05) is 0 Å². The van der Waals surface area contributed by atoms with Gasteiger partial charge in [0.2, 0.25) is 0 Å². The van der Waals surface area contributed by atoms with Crippen LogP contribution in [0.15, 0.2) is 101 Å². The molecular weight excluding hydrogens is 854 g/mol. The number of aromatic nitrogens is 2. The van der Waals surface area contributed by atoms with Gasteiger partial charge >= 0.3 is 167 Å². The summed E-state index contributed by atoms with van der Waals surface area (Å²) in [6.07, 6.45) is -16.9. The first kappa shape index (κ1) is 50.2. The molecule has 18 heteroatoms. The van der Waals surface area contributed by atoms with Crippen molar-refractivity contribution in [1.29, 1.82) is 0 Å². The first-order chi connectivity index (χ1) is 25.5. The molecule has 2 heterocycles. The number of benzene rings is 2. The van der Waals surface area contributed by atoms with Crippen LogP contribution >= 0.6 is 0 Å². The first-order valence-corrected chi connectivity index (χ1v) is 18.5. The number of halogens is 12. The summed E-state index contributed by atoms with van der Waals surface area (Å²) in [7, 11) is 0. The summed E-state index contributed by atoms with van der Waals surface area (Å²) in [4.78, 5) is 8.37. The molecule has 0 amide bonds. The fraction of sp³-hybridized carbons (Fsp3) is 0.395. The molecule has 56 heavy (non-hydrogen) atoms. The first-order valence-electron chi connectivity index (χ1n) is 16.4. The van der Waals surface area contributed by atoms with E-state index in [1.54, 1.807) is 12.4 Å². The van der Waals surface area contributed by atoms with Crippen LogP contribution in [0.25, 0.3) is 11.4 Å². The molecule has 4 rings (SSSR count). The molecule has 0 bridgehead atoms. The molecule has 0 fully saturated rings. The van der Waals surface area contributed by atoms with Crippen LogP contribution in [0.2, 0.25) is 0 Å². The van der Waals surface area contributed by atoms with Crippen molar-refractivity contribution in [3.8, 4) is 11.4 Å². The van der Waals surface area contributed by atoms with Gasteiger partial charge in [-0.05, 0) is 38.1 Å².